The molecule has 1 rings (SSSR count). The molecule has 1 fully saturated rings. The lowest BCUT2D eigenvalue weighted by molar-refractivity contribution is -0.152. The first kappa shape index (κ1) is 10.7. The number of ketones is 1. The smallest absolute Gasteiger partial charge is 0.316 e. The van der Waals surface area contributed by atoms with E-state index in [2.05, 4.69) is 15.9 Å². The van der Waals surface area contributed by atoms with Gasteiger partial charge in [0.15, 0.2) is 0 Å². The molecule has 0 aromatic rings. The molecule has 13 heavy (non-hydrogen) atoms. The van der Waals surface area contributed by atoms with Crippen LogP contribution in [-0.4, -0.2) is 23.2 Å². The summed E-state index contributed by atoms with van der Waals surface area (Å²) in [4.78, 5) is 22.9. The summed E-state index contributed by atoms with van der Waals surface area (Å²) >= 11 is 3.37. The monoisotopic (exact) mass is 248 g/mol. The highest BCUT2D eigenvalue weighted by atomic mass is 79.9. The number of carbonyl (C=O) groups is 2. The van der Waals surface area contributed by atoms with Crippen LogP contribution in [0.3, 0.4) is 0 Å². The number of hydrogen-bond donors (Lipinski definition) is 0. The molecule has 0 aliphatic heterocycles. The van der Waals surface area contributed by atoms with E-state index in [0.29, 0.717) is 19.4 Å². The number of carbonyl (C=O) groups excluding carboxylic acids is 2. The number of ether oxygens (including phenoxy) is 1. The number of halogens is 1. The quantitative estimate of drug-likeness (QED) is 0.425. The minimum absolute atomic E-state index is 0.00609. The SMILES string of the molecule is CCOC(=O)C1CCC(Br)CC1=O. The Balaban J connectivity index is 2.51. The van der Waals surface area contributed by atoms with Crippen LogP contribution in [-0.2, 0) is 14.3 Å². The lowest BCUT2D eigenvalue weighted by Gasteiger charge is -2.22. The number of Topliss-reactive ketones (excluding diaryl/α,β-unsaturated/α-hetero) is 1. The molecule has 0 saturated heterocycles. The first-order chi connectivity index (χ1) is 6.15. The van der Waals surface area contributed by atoms with E-state index in [1.54, 1.807) is 6.92 Å². The van der Waals surface area contributed by atoms with Gasteiger partial charge in [-0.25, -0.2) is 0 Å². The molecule has 0 radical (unpaired) electrons. The summed E-state index contributed by atoms with van der Waals surface area (Å²) in [5.41, 5.74) is 0. The zero-order valence-corrected chi connectivity index (χ0v) is 9.17. The van der Waals surface area contributed by atoms with E-state index < -0.39 is 5.92 Å². The topological polar surface area (TPSA) is 43.4 Å². The molecule has 74 valence electrons. The van der Waals surface area contributed by atoms with Crippen molar-refractivity contribution in [1.82, 2.24) is 0 Å². The van der Waals surface area contributed by atoms with Crippen molar-refractivity contribution in [3.05, 3.63) is 0 Å². The van der Waals surface area contributed by atoms with Crippen molar-refractivity contribution < 1.29 is 14.3 Å². The second kappa shape index (κ2) is 4.74. The van der Waals surface area contributed by atoms with Crippen LogP contribution in [0.15, 0.2) is 0 Å². The summed E-state index contributed by atoms with van der Waals surface area (Å²) in [5, 5.41) is 0. The Bertz CT molecular complexity index is 207. The molecule has 0 aromatic heterocycles. The van der Waals surface area contributed by atoms with Crippen LogP contribution in [0.25, 0.3) is 0 Å². The third-order valence-corrected chi connectivity index (χ3v) is 2.93. The standard InChI is InChI=1S/C9H13BrO3/c1-2-13-9(12)7-4-3-6(10)5-8(7)11/h6-7H,2-5H2,1H3. The normalized spacial score (nSPS) is 28.6. The van der Waals surface area contributed by atoms with Gasteiger partial charge in [-0.2, -0.15) is 0 Å². The molecule has 2 atom stereocenters. The third-order valence-electron chi connectivity index (χ3n) is 2.15. The molecule has 0 spiro atoms. The van der Waals surface area contributed by atoms with Crippen molar-refractivity contribution in [2.45, 2.75) is 31.0 Å². The van der Waals surface area contributed by atoms with Gasteiger partial charge in [0.2, 0.25) is 0 Å². The van der Waals surface area contributed by atoms with E-state index in [0.717, 1.165) is 6.42 Å². The second-order valence-electron chi connectivity index (χ2n) is 3.15. The van der Waals surface area contributed by atoms with Crippen LogP contribution >= 0.6 is 15.9 Å². The molecular weight excluding hydrogens is 236 g/mol. The highest BCUT2D eigenvalue weighted by Crippen LogP contribution is 2.26. The van der Waals surface area contributed by atoms with Gasteiger partial charge in [-0.15, -0.1) is 0 Å². The number of hydrogen-bond acceptors (Lipinski definition) is 3. The average Bonchev–Trinajstić information content (AvgIpc) is 2.04. The van der Waals surface area contributed by atoms with Gasteiger partial charge >= 0.3 is 5.97 Å². The molecule has 0 amide bonds. The maximum absolute atomic E-state index is 11.4. The minimum atomic E-state index is -0.506. The number of rotatable bonds is 2. The molecule has 4 heteroatoms. The Morgan fingerprint density at radius 2 is 2.31 bits per heavy atom. The van der Waals surface area contributed by atoms with Crippen molar-refractivity contribution in [1.29, 1.82) is 0 Å². The fraction of sp³-hybridized carbons (Fsp3) is 0.778. The fourth-order valence-electron chi connectivity index (χ4n) is 1.46. The Labute approximate surface area is 86.0 Å². The van der Waals surface area contributed by atoms with Crippen LogP contribution in [0.2, 0.25) is 0 Å². The summed E-state index contributed by atoms with van der Waals surface area (Å²) in [6, 6.07) is 0. The summed E-state index contributed by atoms with van der Waals surface area (Å²) in [5.74, 6) is -0.854. The highest BCUT2D eigenvalue weighted by Gasteiger charge is 2.33. The van der Waals surface area contributed by atoms with Gasteiger partial charge in [-0.05, 0) is 19.8 Å². The van der Waals surface area contributed by atoms with Crippen molar-refractivity contribution in [3.63, 3.8) is 0 Å². The summed E-state index contributed by atoms with van der Waals surface area (Å²) in [6.45, 7) is 2.10. The van der Waals surface area contributed by atoms with Gasteiger partial charge < -0.3 is 4.74 Å². The minimum Gasteiger partial charge on any atom is -0.465 e. The Morgan fingerprint density at radius 1 is 1.62 bits per heavy atom. The predicted molar refractivity (Wildman–Crippen MR) is 51.7 cm³/mol. The molecule has 1 aliphatic rings. The zero-order chi connectivity index (χ0) is 9.84. The van der Waals surface area contributed by atoms with Gasteiger partial charge in [0.1, 0.15) is 11.7 Å². The molecule has 0 aromatic carbocycles. The third kappa shape index (κ3) is 2.79. The van der Waals surface area contributed by atoms with Crippen LogP contribution in [0, 0.1) is 5.92 Å². The van der Waals surface area contributed by atoms with Crippen LogP contribution in [0.4, 0.5) is 0 Å². The van der Waals surface area contributed by atoms with E-state index in [4.69, 9.17) is 4.74 Å². The van der Waals surface area contributed by atoms with Crippen LogP contribution in [0.1, 0.15) is 26.2 Å². The Hall–Kier alpha value is -0.380. The Kier molecular flexibility index (Phi) is 3.90. The summed E-state index contributed by atoms with van der Waals surface area (Å²) < 4.78 is 4.81. The van der Waals surface area contributed by atoms with Gasteiger partial charge in [0.05, 0.1) is 6.61 Å². The lowest BCUT2D eigenvalue weighted by atomic mass is 9.88. The molecule has 0 N–H and O–H groups in total. The summed E-state index contributed by atoms with van der Waals surface area (Å²) in [6.07, 6.45) is 1.94. The second-order valence-corrected chi connectivity index (χ2v) is 4.44. The van der Waals surface area contributed by atoms with Crippen LogP contribution in [0.5, 0.6) is 0 Å². The Morgan fingerprint density at radius 3 is 2.85 bits per heavy atom. The van der Waals surface area contributed by atoms with E-state index >= 15 is 0 Å². The molecular formula is C9H13BrO3. The largest absolute Gasteiger partial charge is 0.465 e. The molecule has 3 nitrogen and oxygen atoms in total. The lowest BCUT2D eigenvalue weighted by Crippen LogP contribution is -2.32. The van der Waals surface area contributed by atoms with E-state index in [1.165, 1.54) is 0 Å². The molecule has 1 aliphatic carbocycles. The maximum atomic E-state index is 11.4. The fourth-order valence-corrected chi connectivity index (χ4v) is 2.05. The predicted octanol–water partition coefficient (Wildman–Crippen LogP) is 1.68. The molecule has 0 bridgehead atoms. The zero-order valence-electron chi connectivity index (χ0n) is 7.59. The number of esters is 1. The van der Waals surface area contributed by atoms with Crippen molar-refractivity contribution in [2.75, 3.05) is 6.61 Å². The van der Waals surface area contributed by atoms with E-state index in [-0.39, 0.29) is 16.6 Å². The highest BCUT2D eigenvalue weighted by molar-refractivity contribution is 9.09. The van der Waals surface area contributed by atoms with Crippen molar-refractivity contribution in [2.24, 2.45) is 5.92 Å². The maximum Gasteiger partial charge on any atom is 0.316 e. The molecule has 0 heterocycles. The number of alkyl halides is 1. The van der Waals surface area contributed by atoms with Gasteiger partial charge in [-0.1, -0.05) is 15.9 Å². The first-order valence-corrected chi connectivity index (χ1v) is 5.40. The van der Waals surface area contributed by atoms with Gasteiger partial charge in [-0.3, -0.25) is 9.59 Å². The van der Waals surface area contributed by atoms with Gasteiger partial charge in [0, 0.05) is 11.2 Å². The van der Waals surface area contributed by atoms with Gasteiger partial charge in [0.25, 0.3) is 0 Å². The van der Waals surface area contributed by atoms with Crippen molar-refractivity contribution in [3.8, 4) is 0 Å². The van der Waals surface area contributed by atoms with E-state index in [1.807, 2.05) is 0 Å². The van der Waals surface area contributed by atoms with Crippen molar-refractivity contribution >= 4 is 27.7 Å². The average molecular weight is 249 g/mol. The van der Waals surface area contributed by atoms with Crippen LogP contribution < -0.4 is 0 Å². The molecule has 2 unspecified atom stereocenters. The van der Waals surface area contributed by atoms with E-state index in [9.17, 15) is 9.59 Å². The summed E-state index contributed by atoms with van der Waals surface area (Å²) in [7, 11) is 0. The molecule has 1 saturated carbocycles. The first-order valence-electron chi connectivity index (χ1n) is 4.48.